The van der Waals surface area contributed by atoms with E-state index in [1.165, 1.54) is 5.56 Å². The highest BCUT2D eigenvalue weighted by molar-refractivity contribution is 9.10. The van der Waals surface area contributed by atoms with Gasteiger partial charge in [0.15, 0.2) is 0 Å². The lowest BCUT2D eigenvalue weighted by Gasteiger charge is -2.40. The minimum absolute atomic E-state index is 0.0681. The monoisotopic (exact) mass is 415 g/mol. The van der Waals surface area contributed by atoms with Gasteiger partial charge in [-0.1, -0.05) is 44.2 Å². The van der Waals surface area contributed by atoms with Crippen molar-refractivity contribution in [2.75, 3.05) is 26.2 Å². The van der Waals surface area contributed by atoms with Gasteiger partial charge in [0.1, 0.15) is 0 Å². The largest absolute Gasteiger partial charge is 0.336 e. The zero-order chi connectivity index (χ0) is 18.5. The van der Waals surface area contributed by atoms with Crippen molar-refractivity contribution in [2.45, 2.75) is 26.3 Å². The summed E-state index contributed by atoms with van der Waals surface area (Å²) in [5, 5.41) is 0. The van der Waals surface area contributed by atoms with E-state index in [-0.39, 0.29) is 5.91 Å². The van der Waals surface area contributed by atoms with Crippen molar-refractivity contribution in [3.8, 4) is 0 Å². The van der Waals surface area contributed by atoms with Crippen LogP contribution in [0, 0.1) is 5.92 Å². The molecule has 26 heavy (non-hydrogen) atoms. The van der Waals surface area contributed by atoms with Crippen molar-refractivity contribution < 1.29 is 4.79 Å². The van der Waals surface area contributed by atoms with Crippen molar-refractivity contribution >= 4 is 21.8 Å². The Labute approximate surface area is 164 Å². The molecule has 0 aliphatic carbocycles. The van der Waals surface area contributed by atoms with Gasteiger partial charge >= 0.3 is 0 Å². The maximum absolute atomic E-state index is 12.7. The number of carbonyl (C=O) groups excluding carboxylic acids is 1. The van der Waals surface area contributed by atoms with Crippen LogP contribution < -0.4 is 0 Å². The van der Waals surface area contributed by atoms with Crippen LogP contribution in [0.15, 0.2) is 53.3 Å². The second-order valence-corrected chi connectivity index (χ2v) is 8.19. The Bertz CT molecular complexity index is 727. The smallest absolute Gasteiger partial charge is 0.255 e. The molecule has 4 nitrogen and oxygen atoms in total. The Hall–Kier alpha value is -1.72. The number of hydrogen-bond acceptors (Lipinski definition) is 3. The lowest BCUT2D eigenvalue weighted by Crippen LogP contribution is -2.49. The first-order chi connectivity index (χ1) is 12.5. The fourth-order valence-electron chi connectivity index (χ4n) is 3.57. The van der Waals surface area contributed by atoms with Gasteiger partial charge in [0.25, 0.3) is 5.91 Å². The Morgan fingerprint density at radius 3 is 2.42 bits per heavy atom. The van der Waals surface area contributed by atoms with Gasteiger partial charge < -0.3 is 4.90 Å². The van der Waals surface area contributed by atoms with Crippen molar-refractivity contribution in [1.82, 2.24) is 14.8 Å². The van der Waals surface area contributed by atoms with E-state index in [9.17, 15) is 4.79 Å². The number of halogens is 1. The standard InChI is InChI=1S/C21H26BrN3O/c1-16(2)12-20(17-6-4-3-5-7-17)24-8-10-25(11-9-24)21(26)18-13-19(22)15-23-14-18/h3-7,13-16,20H,8-12H2,1-2H3. The molecule has 138 valence electrons. The normalized spacial score (nSPS) is 16.7. The molecule has 2 heterocycles. The second kappa shape index (κ2) is 8.78. The zero-order valence-corrected chi connectivity index (χ0v) is 17.0. The van der Waals surface area contributed by atoms with E-state index >= 15 is 0 Å². The SMILES string of the molecule is CC(C)CC(c1ccccc1)N1CCN(C(=O)c2cncc(Br)c2)CC1. The van der Waals surface area contributed by atoms with Crippen LogP contribution in [0.4, 0.5) is 0 Å². The van der Waals surface area contributed by atoms with Crippen LogP contribution in [0.25, 0.3) is 0 Å². The van der Waals surface area contributed by atoms with E-state index < -0.39 is 0 Å². The van der Waals surface area contributed by atoms with Gasteiger partial charge in [-0.15, -0.1) is 0 Å². The van der Waals surface area contributed by atoms with Crippen molar-refractivity contribution in [3.63, 3.8) is 0 Å². The van der Waals surface area contributed by atoms with Crippen LogP contribution in [0.1, 0.15) is 42.2 Å². The Morgan fingerprint density at radius 1 is 1.12 bits per heavy atom. The van der Waals surface area contributed by atoms with E-state index in [0.717, 1.165) is 37.1 Å². The highest BCUT2D eigenvalue weighted by Crippen LogP contribution is 2.29. The molecule has 1 aliphatic rings. The molecule has 1 atom stereocenters. The van der Waals surface area contributed by atoms with Crippen LogP contribution in [0.2, 0.25) is 0 Å². The first-order valence-electron chi connectivity index (χ1n) is 9.23. The van der Waals surface area contributed by atoms with E-state index in [1.807, 2.05) is 11.0 Å². The Balaban J connectivity index is 1.67. The Morgan fingerprint density at radius 2 is 1.81 bits per heavy atom. The summed E-state index contributed by atoms with van der Waals surface area (Å²) in [4.78, 5) is 21.3. The molecule has 5 heteroatoms. The van der Waals surface area contributed by atoms with Gasteiger partial charge in [-0.25, -0.2) is 0 Å². The predicted octanol–water partition coefficient (Wildman–Crippen LogP) is 4.39. The summed E-state index contributed by atoms with van der Waals surface area (Å²) in [6, 6.07) is 13.0. The summed E-state index contributed by atoms with van der Waals surface area (Å²) < 4.78 is 0.836. The number of amides is 1. The molecule has 1 amide bonds. The topological polar surface area (TPSA) is 36.4 Å². The zero-order valence-electron chi connectivity index (χ0n) is 15.4. The third kappa shape index (κ3) is 4.71. The molecule has 1 aromatic carbocycles. The highest BCUT2D eigenvalue weighted by Gasteiger charge is 2.28. The van der Waals surface area contributed by atoms with Crippen molar-refractivity contribution in [1.29, 1.82) is 0 Å². The van der Waals surface area contributed by atoms with Gasteiger partial charge in [0.2, 0.25) is 0 Å². The maximum atomic E-state index is 12.7. The lowest BCUT2D eigenvalue weighted by atomic mass is 9.95. The molecule has 1 saturated heterocycles. The summed E-state index contributed by atoms with van der Waals surface area (Å²) in [6.45, 7) is 7.87. The summed E-state index contributed by atoms with van der Waals surface area (Å²) in [5.41, 5.74) is 2.02. The number of pyridine rings is 1. The van der Waals surface area contributed by atoms with Crippen molar-refractivity contribution in [2.24, 2.45) is 5.92 Å². The molecule has 1 aromatic heterocycles. The van der Waals surface area contributed by atoms with Gasteiger partial charge in [-0.3, -0.25) is 14.7 Å². The number of piperazine rings is 1. The number of hydrogen-bond donors (Lipinski definition) is 0. The van der Waals surface area contributed by atoms with Crippen LogP contribution in [0.5, 0.6) is 0 Å². The number of nitrogens with zero attached hydrogens (tertiary/aromatic N) is 3. The first kappa shape index (κ1) is 19.1. The second-order valence-electron chi connectivity index (χ2n) is 7.28. The maximum Gasteiger partial charge on any atom is 0.255 e. The fourth-order valence-corrected chi connectivity index (χ4v) is 3.93. The predicted molar refractivity (Wildman–Crippen MR) is 108 cm³/mol. The molecule has 1 fully saturated rings. The molecule has 1 unspecified atom stereocenters. The van der Waals surface area contributed by atoms with E-state index in [2.05, 4.69) is 70.0 Å². The van der Waals surface area contributed by atoms with E-state index in [1.54, 1.807) is 12.4 Å². The van der Waals surface area contributed by atoms with Crippen LogP contribution in [-0.4, -0.2) is 46.9 Å². The third-order valence-corrected chi connectivity index (χ3v) is 5.31. The fraction of sp³-hybridized carbons (Fsp3) is 0.429. The highest BCUT2D eigenvalue weighted by atomic mass is 79.9. The minimum Gasteiger partial charge on any atom is -0.336 e. The summed E-state index contributed by atoms with van der Waals surface area (Å²) in [5.74, 6) is 0.700. The first-order valence-corrected chi connectivity index (χ1v) is 10.0. The average molecular weight is 416 g/mol. The van der Waals surface area contributed by atoms with E-state index in [0.29, 0.717) is 17.5 Å². The average Bonchev–Trinajstić information content (AvgIpc) is 2.66. The minimum atomic E-state index is 0.0681. The molecule has 0 spiro atoms. The molecule has 2 aromatic rings. The molecule has 0 saturated carbocycles. The molecule has 0 radical (unpaired) electrons. The molecule has 0 bridgehead atoms. The van der Waals surface area contributed by atoms with Crippen molar-refractivity contribution in [3.05, 3.63) is 64.4 Å². The van der Waals surface area contributed by atoms with Gasteiger partial charge in [0.05, 0.1) is 5.56 Å². The summed E-state index contributed by atoms with van der Waals surface area (Å²) in [7, 11) is 0. The molecule has 1 aliphatic heterocycles. The number of benzene rings is 1. The van der Waals surface area contributed by atoms with Crippen LogP contribution in [0.3, 0.4) is 0 Å². The number of aromatic nitrogens is 1. The Kier molecular flexibility index (Phi) is 6.43. The van der Waals surface area contributed by atoms with Crippen LogP contribution in [-0.2, 0) is 0 Å². The van der Waals surface area contributed by atoms with Gasteiger partial charge in [0, 0.05) is 49.1 Å². The molecule has 0 N–H and O–H groups in total. The third-order valence-electron chi connectivity index (χ3n) is 4.87. The molecular formula is C21H26BrN3O. The van der Waals surface area contributed by atoms with Gasteiger partial charge in [-0.05, 0) is 39.9 Å². The molecule has 3 rings (SSSR count). The number of rotatable bonds is 5. The van der Waals surface area contributed by atoms with Crippen LogP contribution >= 0.6 is 15.9 Å². The summed E-state index contributed by atoms with van der Waals surface area (Å²) in [6.07, 6.45) is 4.48. The number of carbonyl (C=O) groups is 1. The lowest BCUT2D eigenvalue weighted by molar-refractivity contribution is 0.0543. The summed E-state index contributed by atoms with van der Waals surface area (Å²) >= 11 is 3.39. The quantitative estimate of drug-likeness (QED) is 0.726. The van der Waals surface area contributed by atoms with E-state index in [4.69, 9.17) is 0 Å². The van der Waals surface area contributed by atoms with Gasteiger partial charge in [-0.2, -0.15) is 0 Å². The molecular weight excluding hydrogens is 390 g/mol.